The van der Waals surface area contributed by atoms with Gasteiger partial charge in [-0.1, -0.05) is 25.4 Å². The summed E-state index contributed by atoms with van der Waals surface area (Å²) in [5, 5.41) is 4.63. The van der Waals surface area contributed by atoms with Crippen LogP contribution in [0.1, 0.15) is 40.5 Å². The fraction of sp³-hybridized carbons (Fsp3) is 0.526. The van der Waals surface area contributed by atoms with Gasteiger partial charge in [0, 0.05) is 30.6 Å². The summed E-state index contributed by atoms with van der Waals surface area (Å²) < 4.78 is 1.67. The Morgan fingerprint density at radius 3 is 2.85 bits per heavy atom. The average molecular weight is 397 g/mol. The molecule has 0 saturated heterocycles. The fourth-order valence-corrected chi connectivity index (χ4v) is 3.62. The Kier molecular flexibility index (Phi) is 10.4. The number of aromatic nitrogens is 2. The van der Waals surface area contributed by atoms with Gasteiger partial charge in [0.15, 0.2) is 5.15 Å². The third-order valence-electron chi connectivity index (χ3n) is 3.75. The Hall–Kier alpha value is -1.53. The first-order chi connectivity index (χ1) is 12.4. The number of hydrogen-bond acceptors (Lipinski definition) is 4. The Bertz CT molecular complexity index is 652. The minimum atomic E-state index is 0.0726. The highest BCUT2D eigenvalue weighted by atomic mass is 35.5. The first kappa shape index (κ1) is 22.5. The van der Waals surface area contributed by atoms with E-state index in [-0.39, 0.29) is 5.91 Å². The van der Waals surface area contributed by atoms with Crippen molar-refractivity contribution in [2.24, 2.45) is 10.9 Å². The number of amides is 1. The summed E-state index contributed by atoms with van der Waals surface area (Å²) in [5.74, 6) is 2.69. The quantitative estimate of drug-likeness (QED) is 0.296. The van der Waals surface area contributed by atoms with Gasteiger partial charge in [0.2, 0.25) is 5.91 Å². The van der Waals surface area contributed by atoms with Crippen LogP contribution < -0.4 is 4.90 Å². The Morgan fingerprint density at radius 2 is 2.23 bits per heavy atom. The highest BCUT2D eigenvalue weighted by Crippen LogP contribution is 2.26. The summed E-state index contributed by atoms with van der Waals surface area (Å²) in [5.41, 5.74) is 1.51. The first-order valence-corrected chi connectivity index (χ1v) is 10.4. The van der Waals surface area contributed by atoms with Crippen LogP contribution in [-0.4, -0.2) is 40.5 Å². The largest absolute Gasteiger partial charge is 0.308 e. The maximum Gasteiger partial charge on any atom is 0.227 e. The van der Waals surface area contributed by atoms with E-state index in [0.717, 1.165) is 17.2 Å². The van der Waals surface area contributed by atoms with Gasteiger partial charge in [0.25, 0.3) is 0 Å². The molecule has 1 amide bonds. The van der Waals surface area contributed by atoms with Crippen molar-refractivity contribution in [1.29, 1.82) is 0 Å². The molecule has 26 heavy (non-hydrogen) atoms. The molecule has 1 aromatic rings. The number of rotatable bonds is 11. The van der Waals surface area contributed by atoms with E-state index in [4.69, 9.17) is 11.6 Å². The number of aliphatic imine (C=N–C) groups is 1. The van der Waals surface area contributed by atoms with E-state index in [1.165, 1.54) is 6.42 Å². The number of hydrogen-bond donors (Lipinski definition) is 0. The van der Waals surface area contributed by atoms with Crippen LogP contribution >= 0.6 is 23.4 Å². The van der Waals surface area contributed by atoms with Crippen molar-refractivity contribution in [1.82, 2.24) is 9.78 Å². The predicted molar refractivity (Wildman–Crippen MR) is 115 cm³/mol. The minimum Gasteiger partial charge on any atom is -0.308 e. The molecule has 1 aromatic heterocycles. The zero-order chi connectivity index (χ0) is 19.5. The Balaban J connectivity index is 2.74. The molecule has 0 bridgehead atoms. The molecule has 0 saturated carbocycles. The molecule has 1 heterocycles. The molecule has 0 aliphatic rings. The lowest BCUT2D eigenvalue weighted by molar-refractivity contribution is -0.118. The summed E-state index contributed by atoms with van der Waals surface area (Å²) in [4.78, 5) is 17.9. The van der Waals surface area contributed by atoms with Crippen LogP contribution in [0.4, 0.5) is 5.69 Å². The zero-order valence-corrected chi connectivity index (χ0v) is 17.7. The second-order valence-electron chi connectivity index (χ2n) is 6.26. The van der Waals surface area contributed by atoms with Crippen molar-refractivity contribution in [2.45, 2.75) is 40.5 Å². The lowest BCUT2D eigenvalue weighted by atomic mass is 10.2. The number of anilines is 1. The van der Waals surface area contributed by atoms with Gasteiger partial charge in [0.05, 0.1) is 6.20 Å². The molecule has 0 aliphatic carbocycles. The SMILES string of the molecule is C=N/C=C\C=C(/C)n1cc(N(CC)C(=O)CCSCCC(C)C)c(Cl)n1. The maximum absolute atomic E-state index is 12.6. The van der Waals surface area contributed by atoms with Crippen LogP contribution in [0, 0.1) is 5.92 Å². The first-order valence-electron chi connectivity index (χ1n) is 8.83. The lowest BCUT2D eigenvalue weighted by Gasteiger charge is -2.19. The van der Waals surface area contributed by atoms with Crippen LogP contribution in [0.25, 0.3) is 5.70 Å². The number of carbonyl (C=O) groups excluding carboxylic acids is 1. The zero-order valence-electron chi connectivity index (χ0n) is 16.1. The van der Waals surface area contributed by atoms with E-state index in [0.29, 0.717) is 29.7 Å². The van der Waals surface area contributed by atoms with Crippen LogP contribution in [0.5, 0.6) is 0 Å². The van der Waals surface area contributed by atoms with E-state index in [2.05, 4.69) is 30.7 Å². The van der Waals surface area contributed by atoms with Gasteiger partial charge in [-0.3, -0.25) is 9.79 Å². The van der Waals surface area contributed by atoms with Gasteiger partial charge in [-0.05, 0) is 50.8 Å². The molecular formula is C19H29ClN4OS. The van der Waals surface area contributed by atoms with Gasteiger partial charge in [0.1, 0.15) is 5.69 Å². The summed E-state index contributed by atoms with van der Waals surface area (Å²) in [6, 6.07) is 0. The standard InChI is InChI=1S/C19H29ClN4OS/c1-6-23(18(25)10-13-26-12-9-15(2)3)17-14-24(22-19(17)20)16(4)8-7-11-21-5/h7-8,11,14-15H,5-6,9-10,12-13H2,1-4H3/b11-7-,16-8+. The number of carbonyl (C=O) groups is 1. The molecule has 0 unspecified atom stereocenters. The molecule has 5 nitrogen and oxygen atoms in total. The van der Waals surface area contributed by atoms with Gasteiger partial charge in [-0.25, -0.2) is 4.68 Å². The maximum atomic E-state index is 12.6. The van der Waals surface area contributed by atoms with E-state index in [1.54, 1.807) is 28.1 Å². The molecule has 0 fully saturated rings. The Labute approximate surface area is 166 Å². The van der Waals surface area contributed by atoms with Crippen molar-refractivity contribution in [3.05, 3.63) is 29.7 Å². The van der Waals surface area contributed by atoms with Crippen molar-refractivity contribution in [2.75, 3.05) is 23.0 Å². The average Bonchev–Trinajstić information content (AvgIpc) is 2.97. The molecular weight excluding hydrogens is 368 g/mol. The topological polar surface area (TPSA) is 50.5 Å². The second kappa shape index (κ2) is 12.0. The monoisotopic (exact) mass is 396 g/mol. The van der Waals surface area contributed by atoms with Gasteiger partial charge in [-0.2, -0.15) is 16.9 Å². The summed E-state index contributed by atoms with van der Waals surface area (Å²) in [6.45, 7) is 12.2. The van der Waals surface area contributed by atoms with Crippen molar-refractivity contribution in [3.63, 3.8) is 0 Å². The minimum absolute atomic E-state index is 0.0726. The molecule has 1 rings (SSSR count). The number of nitrogens with zero attached hydrogens (tertiary/aromatic N) is 4. The van der Waals surface area contributed by atoms with Gasteiger partial charge in [-0.15, -0.1) is 0 Å². The van der Waals surface area contributed by atoms with E-state index < -0.39 is 0 Å². The van der Waals surface area contributed by atoms with Crippen LogP contribution in [-0.2, 0) is 4.79 Å². The normalized spacial score (nSPS) is 12.2. The number of allylic oxidation sites excluding steroid dienone is 3. The van der Waals surface area contributed by atoms with Gasteiger partial charge < -0.3 is 4.90 Å². The molecule has 0 aliphatic heterocycles. The molecule has 0 radical (unpaired) electrons. The van der Waals surface area contributed by atoms with Crippen molar-refractivity contribution < 1.29 is 4.79 Å². The predicted octanol–water partition coefficient (Wildman–Crippen LogP) is 5.13. The van der Waals surface area contributed by atoms with Crippen molar-refractivity contribution in [3.8, 4) is 0 Å². The lowest BCUT2D eigenvalue weighted by Crippen LogP contribution is -2.30. The smallest absolute Gasteiger partial charge is 0.227 e. The molecule has 7 heteroatoms. The molecule has 0 N–H and O–H groups in total. The van der Waals surface area contributed by atoms with Crippen LogP contribution in [0.2, 0.25) is 5.15 Å². The summed E-state index contributed by atoms with van der Waals surface area (Å²) >= 11 is 8.11. The second-order valence-corrected chi connectivity index (χ2v) is 7.85. The molecule has 144 valence electrons. The van der Waals surface area contributed by atoms with E-state index >= 15 is 0 Å². The fourth-order valence-electron chi connectivity index (χ4n) is 2.22. The highest BCUT2D eigenvalue weighted by Gasteiger charge is 2.19. The molecule has 0 aromatic carbocycles. The molecule has 0 spiro atoms. The summed E-state index contributed by atoms with van der Waals surface area (Å²) in [6.07, 6.45) is 8.68. The van der Waals surface area contributed by atoms with Crippen molar-refractivity contribution >= 4 is 47.4 Å². The van der Waals surface area contributed by atoms with Crippen LogP contribution in [0.15, 0.2) is 29.5 Å². The van der Waals surface area contributed by atoms with Crippen LogP contribution in [0.3, 0.4) is 0 Å². The van der Waals surface area contributed by atoms with Gasteiger partial charge >= 0.3 is 0 Å². The van der Waals surface area contributed by atoms with E-state index in [1.807, 2.05) is 31.7 Å². The third kappa shape index (κ3) is 7.38. The number of thioether (sulfide) groups is 1. The number of halogens is 1. The third-order valence-corrected chi connectivity index (χ3v) is 5.04. The summed E-state index contributed by atoms with van der Waals surface area (Å²) in [7, 11) is 0. The highest BCUT2D eigenvalue weighted by molar-refractivity contribution is 7.99. The molecule has 0 atom stereocenters. The van der Waals surface area contributed by atoms with E-state index in [9.17, 15) is 4.79 Å². The Morgan fingerprint density at radius 1 is 1.50 bits per heavy atom.